The number of alkyl halides is 3. The summed E-state index contributed by atoms with van der Waals surface area (Å²) in [5.74, 6) is -0.488. The van der Waals surface area contributed by atoms with Crippen molar-refractivity contribution in [2.24, 2.45) is 0 Å². The van der Waals surface area contributed by atoms with Gasteiger partial charge in [0.2, 0.25) is 5.95 Å². The first kappa shape index (κ1) is 20.5. The highest BCUT2D eigenvalue weighted by molar-refractivity contribution is 7.19. The van der Waals surface area contributed by atoms with E-state index in [-0.39, 0.29) is 34.4 Å². The molecule has 11 heteroatoms. The largest absolute Gasteiger partial charge is 0.425 e. The lowest BCUT2D eigenvalue weighted by atomic mass is 10.2. The number of carbonyl (C=O) groups excluding carboxylic acids is 1. The third kappa shape index (κ3) is 4.08. The molecular weight excluding hydrogens is 419 g/mol. The Morgan fingerprint density at radius 1 is 1.37 bits per heavy atom. The topological polar surface area (TPSA) is 91.2 Å². The highest BCUT2D eigenvalue weighted by atomic mass is 32.1. The van der Waals surface area contributed by atoms with Gasteiger partial charge >= 0.3 is 6.18 Å². The van der Waals surface area contributed by atoms with Crippen molar-refractivity contribution in [2.75, 3.05) is 18.4 Å². The van der Waals surface area contributed by atoms with Crippen LogP contribution >= 0.6 is 11.3 Å². The summed E-state index contributed by atoms with van der Waals surface area (Å²) in [6.45, 7) is 2.24. The molecule has 30 heavy (non-hydrogen) atoms. The fourth-order valence-electron chi connectivity index (χ4n) is 3.25. The molecule has 0 aromatic carbocycles. The first-order valence-corrected chi connectivity index (χ1v) is 10.1. The number of hydrogen-bond acceptors (Lipinski definition) is 7. The number of β-amino-alcohol motifs (C(OH)–C–C–N with tert-alkyl or cyclic N) is 1. The molecule has 0 unspecified atom stereocenters. The van der Waals surface area contributed by atoms with E-state index >= 15 is 0 Å². The number of pyridine rings is 1. The highest BCUT2D eigenvalue weighted by Crippen LogP contribution is 2.39. The Hall–Kier alpha value is -2.79. The van der Waals surface area contributed by atoms with Crippen LogP contribution in [0.4, 0.5) is 19.1 Å². The maximum Gasteiger partial charge on any atom is 0.425 e. The average molecular weight is 437 g/mol. The van der Waals surface area contributed by atoms with Gasteiger partial charge in [0.25, 0.3) is 5.91 Å². The Labute approximate surface area is 173 Å². The average Bonchev–Trinajstić information content (AvgIpc) is 3.33. The number of aliphatic hydroxyl groups excluding tert-OH is 1. The number of thiophene rings is 1. The van der Waals surface area contributed by atoms with E-state index in [2.05, 4.69) is 20.3 Å². The number of anilines is 1. The Morgan fingerprint density at radius 3 is 2.80 bits per heavy atom. The van der Waals surface area contributed by atoms with E-state index in [9.17, 15) is 23.1 Å². The number of nitrogens with one attached hydrogen (secondary N) is 1. The molecular formula is C19H18F3N5O2S. The molecule has 4 heterocycles. The zero-order chi connectivity index (χ0) is 21.5. The fourth-order valence-corrected chi connectivity index (χ4v) is 4.20. The van der Waals surface area contributed by atoms with Crippen molar-refractivity contribution in [1.29, 1.82) is 0 Å². The molecule has 1 fully saturated rings. The molecule has 0 spiro atoms. The smallest absolute Gasteiger partial charge is 0.391 e. The van der Waals surface area contributed by atoms with Gasteiger partial charge in [-0.2, -0.15) is 13.2 Å². The van der Waals surface area contributed by atoms with E-state index < -0.39 is 23.1 Å². The molecule has 1 aliphatic rings. The summed E-state index contributed by atoms with van der Waals surface area (Å²) < 4.78 is 39.8. The van der Waals surface area contributed by atoms with Gasteiger partial charge in [0.15, 0.2) is 5.69 Å². The second-order valence-corrected chi connectivity index (χ2v) is 8.09. The first-order chi connectivity index (χ1) is 14.2. The Balaban J connectivity index is 1.75. The predicted molar refractivity (Wildman–Crippen MR) is 105 cm³/mol. The number of rotatable bonds is 4. The summed E-state index contributed by atoms with van der Waals surface area (Å²) in [5.41, 5.74) is 0.629. The van der Waals surface area contributed by atoms with Gasteiger partial charge in [-0.3, -0.25) is 9.78 Å². The molecule has 0 aliphatic carbocycles. The van der Waals surface area contributed by atoms with Crippen molar-refractivity contribution in [3.63, 3.8) is 0 Å². The van der Waals surface area contributed by atoms with Gasteiger partial charge in [0.05, 0.1) is 28.1 Å². The van der Waals surface area contributed by atoms with Crippen LogP contribution in [-0.4, -0.2) is 50.1 Å². The number of amides is 1. The second-order valence-electron chi connectivity index (χ2n) is 7.03. The van der Waals surface area contributed by atoms with Gasteiger partial charge in [-0.15, -0.1) is 11.3 Å². The van der Waals surface area contributed by atoms with Crippen LogP contribution in [0.15, 0.2) is 30.5 Å². The van der Waals surface area contributed by atoms with Crippen LogP contribution in [0.5, 0.6) is 0 Å². The number of fused-ring (bicyclic) bond motifs is 1. The van der Waals surface area contributed by atoms with Crippen molar-refractivity contribution in [2.45, 2.75) is 31.7 Å². The number of nitrogens with zero attached hydrogens (tertiary/aromatic N) is 4. The lowest BCUT2D eigenvalue weighted by molar-refractivity contribution is -0.134. The number of aliphatic hydroxyl groups is 1. The van der Waals surface area contributed by atoms with Crippen LogP contribution in [-0.2, 0) is 6.18 Å². The van der Waals surface area contributed by atoms with Gasteiger partial charge in [-0.05, 0) is 31.5 Å². The summed E-state index contributed by atoms with van der Waals surface area (Å²) in [5, 5.41) is 12.7. The summed E-state index contributed by atoms with van der Waals surface area (Å²) in [7, 11) is 0. The van der Waals surface area contributed by atoms with E-state index in [1.807, 2.05) is 13.0 Å². The number of aromatic nitrogens is 3. The van der Waals surface area contributed by atoms with E-state index in [1.54, 1.807) is 18.3 Å². The normalized spacial score (nSPS) is 18.0. The van der Waals surface area contributed by atoms with E-state index in [0.717, 1.165) is 6.07 Å². The summed E-state index contributed by atoms with van der Waals surface area (Å²) in [6.07, 6.45) is -3.16. The van der Waals surface area contributed by atoms with Gasteiger partial charge < -0.3 is 15.3 Å². The monoisotopic (exact) mass is 437 g/mol. The summed E-state index contributed by atoms with van der Waals surface area (Å²) in [6, 6.07) is 5.96. The van der Waals surface area contributed by atoms with Crippen LogP contribution in [0.3, 0.4) is 0 Å². The van der Waals surface area contributed by atoms with Crippen LogP contribution < -0.4 is 5.32 Å². The maximum atomic E-state index is 13.3. The maximum absolute atomic E-state index is 13.3. The molecule has 3 aromatic heterocycles. The molecule has 1 aliphatic heterocycles. The first-order valence-electron chi connectivity index (χ1n) is 9.26. The second kappa shape index (κ2) is 7.80. The van der Waals surface area contributed by atoms with Gasteiger partial charge in [-0.25, -0.2) is 9.97 Å². The third-order valence-corrected chi connectivity index (χ3v) is 5.96. The number of halogens is 3. The molecule has 1 saturated heterocycles. The summed E-state index contributed by atoms with van der Waals surface area (Å²) in [4.78, 5) is 26.2. The Bertz CT molecular complexity index is 1070. The van der Waals surface area contributed by atoms with Crippen LogP contribution in [0.2, 0.25) is 0 Å². The minimum absolute atomic E-state index is 0.0373. The number of carbonyl (C=O) groups is 1. The molecule has 0 bridgehead atoms. The molecule has 3 aromatic rings. The standard InChI is InChI=1S/C19H18F3N5O2S/c1-10(12-4-2-3-6-23-12)24-18-25-13-8-14(19(20,21)22)30-16(13)15(26-18)17(29)27-7-5-11(28)9-27/h2-4,6,8,10-11,28H,5,7,9H2,1H3,(H,24,25,26)/t10-,11+/m0/s1. The van der Waals surface area contributed by atoms with E-state index in [1.165, 1.54) is 4.90 Å². The van der Waals surface area contributed by atoms with Crippen molar-refractivity contribution < 1.29 is 23.1 Å². The minimum atomic E-state index is -4.55. The zero-order valence-corrected chi connectivity index (χ0v) is 16.7. The lowest BCUT2D eigenvalue weighted by Crippen LogP contribution is -2.30. The van der Waals surface area contributed by atoms with Gasteiger partial charge in [0.1, 0.15) is 4.88 Å². The van der Waals surface area contributed by atoms with E-state index in [4.69, 9.17) is 0 Å². The number of likely N-dealkylation sites (tertiary alicyclic amines) is 1. The quantitative estimate of drug-likeness (QED) is 0.649. The third-order valence-electron chi connectivity index (χ3n) is 4.78. The molecule has 0 radical (unpaired) electrons. The highest BCUT2D eigenvalue weighted by Gasteiger charge is 2.35. The molecule has 7 nitrogen and oxygen atoms in total. The fraction of sp³-hybridized carbons (Fsp3) is 0.368. The molecule has 4 rings (SSSR count). The van der Waals surface area contributed by atoms with Crippen molar-refractivity contribution in [3.05, 3.63) is 46.7 Å². The van der Waals surface area contributed by atoms with Gasteiger partial charge in [-0.1, -0.05) is 6.07 Å². The van der Waals surface area contributed by atoms with Crippen LogP contribution in [0.25, 0.3) is 10.2 Å². The summed E-state index contributed by atoms with van der Waals surface area (Å²) >= 11 is 0.443. The minimum Gasteiger partial charge on any atom is -0.391 e. The SMILES string of the molecule is C[C@H](Nc1nc(C(=O)N2CC[C@@H](O)C2)c2sc(C(F)(F)F)cc2n1)c1ccccn1. The van der Waals surface area contributed by atoms with Gasteiger partial charge in [0, 0.05) is 19.3 Å². The molecule has 2 N–H and O–H groups in total. The zero-order valence-electron chi connectivity index (χ0n) is 15.8. The van der Waals surface area contributed by atoms with E-state index in [0.29, 0.717) is 30.0 Å². The predicted octanol–water partition coefficient (Wildman–Crippen LogP) is 3.49. The van der Waals surface area contributed by atoms with Crippen molar-refractivity contribution in [3.8, 4) is 0 Å². The Kier molecular flexibility index (Phi) is 5.33. The number of hydrogen-bond donors (Lipinski definition) is 2. The molecule has 0 saturated carbocycles. The molecule has 1 amide bonds. The molecule has 158 valence electrons. The molecule has 2 atom stereocenters. The van der Waals surface area contributed by atoms with Crippen LogP contribution in [0.1, 0.15) is 40.4 Å². The van der Waals surface area contributed by atoms with Crippen LogP contribution in [0, 0.1) is 0 Å². The van der Waals surface area contributed by atoms with Crippen molar-refractivity contribution >= 4 is 33.4 Å². The Morgan fingerprint density at radius 2 is 2.17 bits per heavy atom. The lowest BCUT2D eigenvalue weighted by Gasteiger charge is -2.17. The van der Waals surface area contributed by atoms with Crippen molar-refractivity contribution in [1.82, 2.24) is 19.9 Å².